The molecule has 0 atom stereocenters. The van der Waals surface area contributed by atoms with Crippen molar-refractivity contribution in [2.75, 3.05) is 31.2 Å². The number of fused-ring (bicyclic) bond motifs is 1. The number of hydrogen-bond donors (Lipinski definition) is 1. The SMILES string of the molecule is CCc1cc2c(CSc3nnc(N4CCOCC4)n3CC)cc(=O)oc2cc1O. The van der Waals surface area contributed by atoms with E-state index in [2.05, 4.69) is 26.6 Å². The average Bonchev–Trinajstić information content (AvgIpc) is 3.15. The number of benzene rings is 1. The quantitative estimate of drug-likeness (QED) is 0.484. The van der Waals surface area contributed by atoms with Gasteiger partial charge in [-0.3, -0.25) is 4.57 Å². The molecule has 2 aromatic heterocycles. The fraction of sp³-hybridized carbons (Fsp3) is 0.450. The Morgan fingerprint density at radius 1 is 1.14 bits per heavy atom. The van der Waals surface area contributed by atoms with Crippen molar-refractivity contribution in [1.82, 2.24) is 14.8 Å². The number of anilines is 1. The molecule has 1 aliphatic heterocycles. The molecular weight excluding hydrogens is 392 g/mol. The van der Waals surface area contributed by atoms with Crippen LogP contribution in [0.4, 0.5) is 5.95 Å². The standard InChI is InChI=1S/C20H24N4O4S/c1-3-13-9-15-14(10-18(26)28-17(15)11-16(13)25)12-29-20-22-21-19(24(20)4-2)23-5-7-27-8-6-23/h9-11,25H,3-8,12H2,1-2H3. The predicted molar refractivity (Wildman–Crippen MR) is 112 cm³/mol. The average molecular weight is 417 g/mol. The number of ether oxygens (including phenoxy) is 1. The van der Waals surface area contributed by atoms with Crippen LogP contribution in [0.5, 0.6) is 5.75 Å². The topological polar surface area (TPSA) is 93.6 Å². The molecule has 4 rings (SSSR count). The second-order valence-corrected chi connectivity index (χ2v) is 7.78. The highest BCUT2D eigenvalue weighted by atomic mass is 32.2. The molecule has 0 amide bonds. The van der Waals surface area contributed by atoms with Crippen LogP contribution >= 0.6 is 11.8 Å². The van der Waals surface area contributed by atoms with Crippen LogP contribution in [0.25, 0.3) is 11.0 Å². The normalized spacial score (nSPS) is 14.6. The van der Waals surface area contributed by atoms with E-state index in [1.54, 1.807) is 0 Å². The van der Waals surface area contributed by atoms with Crippen LogP contribution in [0.1, 0.15) is 25.0 Å². The van der Waals surface area contributed by atoms with Crippen LogP contribution in [0.15, 0.2) is 32.6 Å². The van der Waals surface area contributed by atoms with E-state index >= 15 is 0 Å². The number of thioether (sulfide) groups is 1. The van der Waals surface area contributed by atoms with Crippen molar-refractivity contribution in [2.45, 2.75) is 37.7 Å². The molecule has 8 nitrogen and oxygen atoms in total. The van der Waals surface area contributed by atoms with Crippen molar-refractivity contribution < 1.29 is 14.3 Å². The third-order valence-corrected chi connectivity index (χ3v) is 6.09. The summed E-state index contributed by atoms with van der Waals surface area (Å²) < 4.78 is 12.8. The van der Waals surface area contributed by atoms with Crippen LogP contribution in [0.3, 0.4) is 0 Å². The van der Waals surface area contributed by atoms with Gasteiger partial charge in [0.15, 0.2) is 5.16 Å². The largest absolute Gasteiger partial charge is 0.508 e. The summed E-state index contributed by atoms with van der Waals surface area (Å²) in [5.41, 5.74) is 1.65. The zero-order chi connectivity index (χ0) is 20.4. The lowest BCUT2D eigenvalue weighted by Crippen LogP contribution is -2.38. The number of phenolic OH excluding ortho intramolecular Hbond substituents is 1. The van der Waals surface area contributed by atoms with Gasteiger partial charge in [0.2, 0.25) is 5.95 Å². The zero-order valence-corrected chi connectivity index (χ0v) is 17.4. The molecule has 0 aliphatic carbocycles. The van der Waals surface area contributed by atoms with Gasteiger partial charge in [0.1, 0.15) is 11.3 Å². The van der Waals surface area contributed by atoms with Gasteiger partial charge in [0.05, 0.1) is 13.2 Å². The Bertz CT molecular complexity index is 1070. The summed E-state index contributed by atoms with van der Waals surface area (Å²) in [6.07, 6.45) is 0.695. The van der Waals surface area contributed by atoms with E-state index < -0.39 is 5.63 Å². The van der Waals surface area contributed by atoms with Crippen molar-refractivity contribution in [3.8, 4) is 5.75 Å². The first-order valence-electron chi connectivity index (χ1n) is 9.78. The third-order valence-electron chi connectivity index (χ3n) is 5.07. The molecule has 1 aliphatic rings. The summed E-state index contributed by atoms with van der Waals surface area (Å²) in [6, 6.07) is 4.93. The summed E-state index contributed by atoms with van der Waals surface area (Å²) in [6.45, 7) is 7.79. The van der Waals surface area contributed by atoms with E-state index in [0.29, 0.717) is 31.0 Å². The number of rotatable bonds is 6. The minimum Gasteiger partial charge on any atom is -0.508 e. The number of morpholine rings is 1. The Morgan fingerprint density at radius 3 is 2.66 bits per heavy atom. The molecule has 3 heterocycles. The van der Waals surface area contributed by atoms with Crippen LogP contribution in [-0.2, 0) is 23.5 Å². The van der Waals surface area contributed by atoms with E-state index in [9.17, 15) is 9.90 Å². The maximum atomic E-state index is 12.0. The van der Waals surface area contributed by atoms with Crippen molar-refractivity contribution in [2.24, 2.45) is 0 Å². The van der Waals surface area contributed by atoms with Crippen molar-refractivity contribution in [3.05, 3.63) is 39.7 Å². The first-order valence-corrected chi connectivity index (χ1v) is 10.8. The third kappa shape index (κ3) is 3.97. The fourth-order valence-electron chi connectivity index (χ4n) is 3.51. The van der Waals surface area contributed by atoms with Gasteiger partial charge in [0, 0.05) is 42.9 Å². The molecule has 1 fully saturated rings. The van der Waals surface area contributed by atoms with Crippen molar-refractivity contribution in [1.29, 1.82) is 0 Å². The van der Waals surface area contributed by atoms with Gasteiger partial charge >= 0.3 is 5.63 Å². The Hall–Kier alpha value is -2.52. The van der Waals surface area contributed by atoms with Crippen LogP contribution in [0.2, 0.25) is 0 Å². The number of aromatic nitrogens is 3. The number of phenols is 1. The van der Waals surface area contributed by atoms with E-state index in [1.165, 1.54) is 23.9 Å². The Labute approximate surface area is 172 Å². The van der Waals surface area contributed by atoms with Gasteiger partial charge < -0.3 is 19.2 Å². The molecule has 3 aromatic rings. The highest BCUT2D eigenvalue weighted by Gasteiger charge is 2.20. The molecule has 0 radical (unpaired) electrons. The van der Waals surface area contributed by atoms with Gasteiger partial charge in [-0.2, -0.15) is 0 Å². The lowest BCUT2D eigenvalue weighted by molar-refractivity contribution is 0.121. The van der Waals surface area contributed by atoms with Crippen LogP contribution in [-0.4, -0.2) is 46.2 Å². The molecule has 0 saturated carbocycles. The Kier molecular flexibility index (Phi) is 5.77. The fourth-order valence-corrected chi connectivity index (χ4v) is 4.50. The molecule has 1 aromatic carbocycles. The van der Waals surface area contributed by atoms with Crippen molar-refractivity contribution >= 4 is 28.7 Å². The summed E-state index contributed by atoms with van der Waals surface area (Å²) in [4.78, 5) is 14.2. The van der Waals surface area contributed by atoms with E-state index in [4.69, 9.17) is 9.15 Å². The second-order valence-electron chi connectivity index (χ2n) is 6.84. The molecule has 0 unspecified atom stereocenters. The summed E-state index contributed by atoms with van der Waals surface area (Å²) in [5.74, 6) is 1.56. The zero-order valence-electron chi connectivity index (χ0n) is 16.6. The first-order chi connectivity index (χ1) is 14.1. The molecule has 0 bridgehead atoms. The monoisotopic (exact) mass is 416 g/mol. The number of aromatic hydroxyl groups is 1. The molecular formula is C20H24N4O4S. The Balaban J connectivity index is 1.63. The molecule has 29 heavy (non-hydrogen) atoms. The summed E-state index contributed by atoms with van der Waals surface area (Å²) in [5, 5.41) is 20.5. The van der Waals surface area contributed by atoms with Gasteiger partial charge in [0.25, 0.3) is 0 Å². The smallest absolute Gasteiger partial charge is 0.336 e. The van der Waals surface area contributed by atoms with Gasteiger partial charge in [-0.05, 0) is 30.5 Å². The first kappa shape index (κ1) is 19.8. The molecule has 154 valence electrons. The van der Waals surface area contributed by atoms with E-state index in [-0.39, 0.29) is 5.75 Å². The molecule has 9 heteroatoms. The Morgan fingerprint density at radius 2 is 1.93 bits per heavy atom. The minimum atomic E-state index is -0.428. The lowest BCUT2D eigenvalue weighted by Gasteiger charge is -2.27. The maximum absolute atomic E-state index is 12.0. The van der Waals surface area contributed by atoms with E-state index in [1.807, 2.05) is 13.0 Å². The summed E-state index contributed by atoms with van der Waals surface area (Å²) >= 11 is 1.54. The number of nitrogens with zero attached hydrogens (tertiary/aromatic N) is 4. The van der Waals surface area contributed by atoms with Crippen LogP contribution in [0, 0.1) is 0 Å². The molecule has 1 saturated heterocycles. The summed E-state index contributed by atoms with van der Waals surface area (Å²) in [7, 11) is 0. The highest BCUT2D eigenvalue weighted by Crippen LogP contribution is 2.31. The minimum absolute atomic E-state index is 0.147. The molecule has 1 N–H and O–H groups in total. The van der Waals surface area contributed by atoms with Gasteiger partial charge in [-0.25, -0.2) is 4.79 Å². The molecule has 0 spiro atoms. The van der Waals surface area contributed by atoms with Crippen molar-refractivity contribution in [3.63, 3.8) is 0 Å². The van der Waals surface area contributed by atoms with E-state index in [0.717, 1.165) is 47.3 Å². The van der Waals surface area contributed by atoms with Gasteiger partial charge in [-0.15, -0.1) is 10.2 Å². The lowest BCUT2D eigenvalue weighted by atomic mass is 10.1. The second kappa shape index (κ2) is 8.46. The number of aryl methyl sites for hydroxylation is 1. The van der Waals surface area contributed by atoms with Gasteiger partial charge in [-0.1, -0.05) is 18.7 Å². The van der Waals surface area contributed by atoms with Crippen LogP contribution < -0.4 is 10.5 Å². The number of hydrogen-bond acceptors (Lipinski definition) is 8. The highest BCUT2D eigenvalue weighted by molar-refractivity contribution is 7.98. The maximum Gasteiger partial charge on any atom is 0.336 e. The predicted octanol–water partition coefficient (Wildman–Crippen LogP) is 2.80.